The first-order valence-corrected chi connectivity index (χ1v) is 6.54. The predicted octanol–water partition coefficient (Wildman–Crippen LogP) is 1.10. The molecule has 6 nitrogen and oxygen atoms in total. The largest absolute Gasteiger partial charge is 0.448 e. The van der Waals surface area contributed by atoms with Crippen molar-refractivity contribution in [3.63, 3.8) is 0 Å². The molecule has 20 heavy (non-hydrogen) atoms. The van der Waals surface area contributed by atoms with Gasteiger partial charge in [0.25, 0.3) is 0 Å². The maximum absolute atomic E-state index is 12.2. The Labute approximate surface area is 121 Å². The first-order chi connectivity index (χ1) is 9.50. The van der Waals surface area contributed by atoms with Crippen molar-refractivity contribution in [1.82, 2.24) is 4.90 Å². The molecule has 1 fully saturated rings. The fraction of sp³-hybridized carbons (Fsp3) is 0.308. The lowest BCUT2D eigenvalue weighted by atomic mass is 10.1. The lowest BCUT2D eigenvalue weighted by Gasteiger charge is -2.21. The van der Waals surface area contributed by atoms with Gasteiger partial charge in [0.2, 0.25) is 5.91 Å². The van der Waals surface area contributed by atoms with Crippen LogP contribution in [0.3, 0.4) is 0 Å². The van der Waals surface area contributed by atoms with Crippen molar-refractivity contribution in [3.05, 3.63) is 29.8 Å². The van der Waals surface area contributed by atoms with E-state index < -0.39 is 12.1 Å². The van der Waals surface area contributed by atoms with Crippen molar-refractivity contribution in [3.8, 4) is 0 Å². The summed E-state index contributed by atoms with van der Waals surface area (Å²) >= 11 is 4.94. The third-order valence-corrected chi connectivity index (χ3v) is 3.31. The number of amides is 2. The lowest BCUT2D eigenvalue weighted by molar-refractivity contribution is -0.119. The van der Waals surface area contributed by atoms with Crippen molar-refractivity contribution in [2.45, 2.75) is 13.0 Å². The molecule has 0 spiro atoms. The highest BCUT2D eigenvalue weighted by molar-refractivity contribution is 7.80. The van der Waals surface area contributed by atoms with E-state index in [4.69, 9.17) is 22.7 Å². The number of nitrogens with zero attached hydrogens (tertiary/aromatic N) is 1. The number of carbonyl (C=O) groups excluding carboxylic acids is 2. The van der Waals surface area contributed by atoms with Gasteiger partial charge in [-0.2, -0.15) is 0 Å². The van der Waals surface area contributed by atoms with Crippen LogP contribution in [-0.4, -0.2) is 41.1 Å². The van der Waals surface area contributed by atoms with Crippen molar-refractivity contribution < 1.29 is 14.3 Å². The molecule has 1 unspecified atom stereocenters. The van der Waals surface area contributed by atoms with E-state index in [0.717, 1.165) is 0 Å². The standard InChI is InChI=1S/C13H15N3O3S/c1-8(16-6-7-19-13(16)18)12(17)15-10-5-3-2-4-9(10)11(14)20/h2-5,8H,6-7H2,1H3,(H2,14,20)(H,15,17). The fourth-order valence-corrected chi connectivity index (χ4v) is 2.12. The van der Waals surface area contributed by atoms with Crippen LogP contribution in [0.1, 0.15) is 12.5 Å². The molecule has 1 atom stereocenters. The van der Waals surface area contributed by atoms with E-state index >= 15 is 0 Å². The van der Waals surface area contributed by atoms with Crippen LogP contribution in [-0.2, 0) is 9.53 Å². The van der Waals surface area contributed by atoms with Crippen LogP contribution in [0.4, 0.5) is 10.5 Å². The molecule has 1 aromatic rings. The Kier molecular flexibility index (Phi) is 4.19. The average Bonchev–Trinajstić information content (AvgIpc) is 2.84. The Hall–Kier alpha value is -2.15. The van der Waals surface area contributed by atoms with E-state index in [0.29, 0.717) is 24.4 Å². The highest BCUT2D eigenvalue weighted by atomic mass is 32.1. The molecule has 0 radical (unpaired) electrons. The molecule has 0 aliphatic carbocycles. The summed E-state index contributed by atoms with van der Waals surface area (Å²) in [5.74, 6) is -0.312. The number of benzene rings is 1. The van der Waals surface area contributed by atoms with E-state index in [1.165, 1.54) is 4.90 Å². The number of hydrogen-bond acceptors (Lipinski definition) is 4. The number of thiocarbonyl (C=S) groups is 1. The SMILES string of the molecule is CC(C(=O)Nc1ccccc1C(N)=S)N1CCOC1=O. The molecule has 1 aliphatic heterocycles. The van der Waals surface area contributed by atoms with Gasteiger partial charge in [0.1, 0.15) is 17.6 Å². The van der Waals surface area contributed by atoms with Gasteiger partial charge in [-0.25, -0.2) is 4.79 Å². The van der Waals surface area contributed by atoms with E-state index in [1.54, 1.807) is 31.2 Å². The van der Waals surface area contributed by atoms with Crippen molar-refractivity contribution in [2.24, 2.45) is 5.73 Å². The van der Waals surface area contributed by atoms with Gasteiger partial charge in [0, 0.05) is 5.56 Å². The molecule has 0 saturated carbocycles. The molecule has 0 aromatic heterocycles. The maximum atomic E-state index is 12.2. The van der Waals surface area contributed by atoms with Gasteiger partial charge in [-0.05, 0) is 19.1 Å². The number of ether oxygens (including phenoxy) is 1. The van der Waals surface area contributed by atoms with Gasteiger partial charge in [0.15, 0.2) is 0 Å². The average molecular weight is 293 g/mol. The zero-order valence-electron chi connectivity index (χ0n) is 11.0. The van der Waals surface area contributed by atoms with Gasteiger partial charge in [-0.3, -0.25) is 9.69 Å². The molecular formula is C13H15N3O3S. The van der Waals surface area contributed by atoms with Crippen molar-refractivity contribution in [2.75, 3.05) is 18.5 Å². The summed E-state index contributed by atoms with van der Waals surface area (Å²) in [4.78, 5) is 25.2. The zero-order valence-corrected chi connectivity index (χ0v) is 11.8. The molecule has 2 amide bonds. The number of para-hydroxylation sites is 1. The first-order valence-electron chi connectivity index (χ1n) is 6.14. The second kappa shape index (κ2) is 5.87. The minimum absolute atomic E-state index is 0.203. The van der Waals surface area contributed by atoms with Crippen molar-refractivity contribution >= 4 is 34.9 Å². The van der Waals surface area contributed by atoms with E-state index in [1.807, 2.05) is 0 Å². The Balaban J connectivity index is 2.12. The smallest absolute Gasteiger partial charge is 0.410 e. The Morgan fingerprint density at radius 1 is 1.50 bits per heavy atom. The summed E-state index contributed by atoms with van der Waals surface area (Å²) in [5, 5.41) is 2.73. The Bertz CT molecular complexity index is 562. The molecule has 1 aromatic carbocycles. The molecule has 7 heteroatoms. The van der Waals surface area contributed by atoms with Crippen LogP contribution < -0.4 is 11.1 Å². The Morgan fingerprint density at radius 2 is 2.20 bits per heavy atom. The number of carbonyl (C=O) groups is 2. The van der Waals surface area contributed by atoms with Crippen LogP contribution in [0.15, 0.2) is 24.3 Å². The van der Waals surface area contributed by atoms with Gasteiger partial charge in [-0.1, -0.05) is 24.4 Å². The minimum Gasteiger partial charge on any atom is -0.448 e. The highest BCUT2D eigenvalue weighted by Gasteiger charge is 2.31. The normalized spacial score (nSPS) is 15.7. The van der Waals surface area contributed by atoms with Gasteiger partial charge < -0.3 is 15.8 Å². The van der Waals surface area contributed by atoms with Crippen LogP contribution in [0.25, 0.3) is 0 Å². The zero-order chi connectivity index (χ0) is 14.7. The number of nitrogens with one attached hydrogen (secondary N) is 1. The molecule has 1 heterocycles. The molecule has 2 rings (SSSR count). The van der Waals surface area contributed by atoms with E-state index in [-0.39, 0.29) is 10.9 Å². The predicted molar refractivity (Wildman–Crippen MR) is 78.5 cm³/mol. The molecule has 1 saturated heterocycles. The highest BCUT2D eigenvalue weighted by Crippen LogP contribution is 2.17. The topological polar surface area (TPSA) is 84.7 Å². The number of cyclic esters (lactones) is 1. The summed E-state index contributed by atoms with van der Waals surface area (Å²) in [6.45, 7) is 2.36. The van der Waals surface area contributed by atoms with Crippen molar-refractivity contribution in [1.29, 1.82) is 0 Å². The van der Waals surface area contributed by atoms with Crippen LogP contribution >= 0.6 is 12.2 Å². The van der Waals surface area contributed by atoms with E-state index in [2.05, 4.69) is 5.32 Å². The number of rotatable bonds is 4. The van der Waals surface area contributed by atoms with Crippen LogP contribution in [0, 0.1) is 0 Å². The minimum atomic E-state index is -0.621. The molecule has 3 N–H and O–H groups in total. The summed E-state index contributed by atoms with van der Waals surface area (Å²) in [5.41, 5.74) is 6.73. The van der Waals surface area contributed by atoms with Crippen LogP contribution in [0.2, 0.25) is 0 Å². The first kappa shape index (κ1) is 14.3. The lowest BCUT2D eigenvalue weighted by Crippen LogP contribution is -2.42. The van der Waals surface area contributed by atoms with Gasteiger partial charge in [0.05, 0.1) is 12.2 Å². The number of hydrogen-bond donors (Lipinski definition) is 2. The second-order valence-corrected chi connectivity index (χ2v) is 4.82. The number of nitrogens with two attached hydrogens (primary N) is 1. The summed E-state index contributed by atoms with van der Waals surface area (Å²) in [7, 11) is 0. The Morgan fingerprint density at radius 3 is 2.80 bits per heavy atom. The molecule has 0 bridgehead atoms. The van der Waals surface area contributed by atoms with Gasteiger partial charge >= 0.3 is 6.09 Å². The van der Waals surface area contributed by atoms with Gasteiger partial charge in [-0.15, -0.1) is 0 Å². The quantitative estimate of drug-likeness (QED) is 0.812. The summed E-state index contributed by atoms with van der Waals surface area (Å²) in [6.07, 6.45) is -0.477. The molecule has 1 aliphatic rings. The van der Waals surface area contributed by atoms with Crippen LogP contribution in [0.5, 0.6) is 0 Å². The summed E-state index contributed by atoms with van der Waals surface area (Å²) in [6, 6.07) is 6.37. The van der Waals surface area contributed by atoms with E-state index in [9.17, 15) is 9.59 Å². The second-order valence-electron chi connectivity index (χ2n) is 4.38. The molecule has 106 valence electrons. The maximum Gasteiger partial charge on any atom is 0.410 e. The molecular weight excluding hydrogens is 278 g/mol. The number of anilines is 1. The summed E-state index contributed by atoms with van der Waals surface area (Å²) < 4.78 is 4.82. The monoisotopic (exact) mass is 293 g/mol. The third-order valence-electron chi connectivity index (χ3n) is 3.09. The third kappa shape index (κ3) is 2.88. The fourth-order valence-electron chi connectivity index (χ4n) is 1.94.